The first-order chi connectivity index (χ1) is 12.2. The summed E-state index contributed by atoms with van der Waals surface area (Å²) in [6.07, 6.45) is 6.31. The van der Waals surface area contributed by atoms with Crippen LogP contribution in [0.1, 0.15) is 42.9 Å². The Balaban J connectivity index is 1.54. The molecule has 1 saturated carbocycles. The average molecular weight is 336 g/mol. The third-order valence-corrected chi connectivity index (χ3v) is 4.98. The lowest BCUT2D eigenvalue weighted by Gasteiger charge is -2.24. The van der Waals surface area contributed by atoms with Gasteiger partial charge in [0.25, 0.3) is 0 Å². The van der Waals surface area contributed by atoms with Crippen molar-refractivity contribution in [1.29, 1.82) is 0 Å². The van der Waals surface area contributed by atoms with E-state index in [9.17, 15) is 0 Å². The van der Waals surface area contributed by atoms with E-state index in [-0.39, 0.29) is 0 Å². The summed E-state index contributed by atoms with van der Waals surface area (Å²) in [5.41, 5.74) is 15.9. The molecule has 130 valence electrons. The van der Waals surface area contributed by atoms with Crippen molar-refractivity contribution in [3.05, 3.63) is 53.9 Å². The van der Waals surface area contributed by atoms with Crippen molar-refractivity contribution < 1.29 is 0 Å². The Morgan fingerprint density at radius 3 is 2.64 bits per heavy atom. The van der Waals surface area contributed by atoms with E-state index in [1.165, 1.54) is 5.56 Å². The van der Waals surface area contributed by atoms with Crippen molar-refractivity contribution in [3.63, 3.8) is 0 Å². The lowest BCUT2D eigenvalue weighted by Crippen LogP contribution is -2.25. The molecule has 6 nitrogen and oxygen atoms in total. The highest BCUT2D eigenvalue weighted by Crippen LogP contribution is 2.32. The maximum Gasteiger partial charge on any atom is 0.177 e. The summed E-state index contributed by atoms with van der Waals surface area (Å²) >= 11 is 0. The van der Waals surface area contributed by atoms with Gasteiger partial charge in [0.1, 0.15) is 5.82 Å². The van der Waals surface area contributed by atoms with Crippen LogP contribution >= 0.6 is 0 Å². The minimum Gasteiger partial charge on any atom is -0.396 e. The highest BCUT2D eigenvalue weighted by Gasteiger charge is 2.23. The minimum absolute atomic E-state index is 0.338. The van der Waals surface area contributed by atoms with Crippen LogP contribution in [0.25, 0.3) is 5.65 Å². The normalized spacial score (nSPS) is 20.7. The zero-order valence-electron chi connectivity index (χ0n) is 14.2. The fourth-order valence-electron chi connectivity index (χ4n) is 3.51. The van der Waals surface area contributed by atoms with E-state index >= 15 is 0 Å². The van der Waals surface area contributed by atoms with Crippen molar-refractivity contribution in [2.75, 3.05) is 11.1 Å². The molecular weight excluding hydrogens is 312 g/mol. The Labute approximate surface area is 147 Å². The summed E-state index contributed by atoms with van der Waals surface area (Å²) in [7, 11) is 0. The molecule has 1 aliphatic carbocycles. The Hall–Kier alpha value is -2.60. The van der Waals surface area contributed by atoms with Crippen molar-refractivity contribution in [1.82, 2.24) is 14.6 Å². The van der Waals surface area contributed by atoms with Crippen LogP contribution < -0.4 is 16.8 Å². The number of imidazole rings is 1. The van der Waals surface area contributed by atoms with Gasteiger partial charge in [0.15, 0.2) is 5.65 Å². The smallest absolute Gasteiger partial charge is 0.177 e. The maximum atomic E-state index is 6.21. The van der Waals surface area contributed by atoms with Gasteiger partial charge in [0.05, 0.1) is 17.6 Å². The van der Waals surface area contributed by atoms with Crippen LogP contribution in [-0.4, -0.2) is 20.6 Å². The van der Waals surface area contributed by atoms with Crippen molar-refractivity contribution >= 4 is 17.2 Å². The summed E-state index contributed by atoms with van der Waals surface area (Å²) < 4.78 is 1.80. The SMILES string of the molecule is Nc1cc(NCc2ccccc2)nn2cc(C3CCC(N)CC3)nc12. The molecule has 0 aliphatic heterocycles. The van der Waals surface area contributed by atoms with Gasteiger partial charge in [-0.05, 0) is 31.2 Å². The van der Waals surface area contributed by atoms with E-state index in [0.29, 0.717) is 24.2 Å². The Morgan fingerprint density at radius 2 is 1.88 bits per heavy atom. The van der Waals surface area contributed by atoms with Crippen LogP contribution in [0.4, 0.5) is 11.5 Å². The molecule has 1 fully saturated rings. The highest BCUT2D eigenvalue weighted by atomic mass is 15.3. The van der Waals surface area contributed by atoms with Crippen molar-refractivity contribution in [3.8, 4) is 0 Å². The second-order valence-electron chi connectivity index (χ2n) is 6.87. The van der Waals surface area contributed by atoms with E-state index in [1.54, 1.807) is 4.52 Å². The van der Waals surface area contributed by atoms with Gasteiger partial charge in [-0.25, -0.2) is 9.50 Å². The number of nitrogens with zero attached hydrogens (tertiary/aromatic N) is 3. The molecular formula is C19H24N6. The van der Waals surface area contributed by atoms with Crippen molar-refractivity contribution in [2.45, 2.75) is 44.2 Å². The molecule has 0 bridgehead atoms. The average Bonchev–Trinajstić information content (AvgIpc) is 3.06. The number of nitrogens with one attached hydrogen (secondary N) is 1. The fraction of sp³-hybridized carbons (Fsp3) is 0.368. The van der Waals surface area contributed by atoms with Gasteiger partial charge in [-0.1, -0.05) is 30.3 Å². The van der Waals surface area contributed by atoms with Gasteiger partial charge in [-0.2, -0.15) is 0 Å². The lowest BCUT2D eigenvalue weighted by atomic mass is 9.85. The number of hydrogen-bond acceptors (Lipinski definition) is 5. The fourth-order valence-corrected chi connectivity index (χ4v) is 3.51. The molecule has 0 radical (unpaired) electrons. The number of anilines is 2. The van der Waals surface area contributed by atoms with Crippen LogP contribution in [0.3, 0.4) is 0 Å². The summed E-state index contributed by atoms with van der Waals surface area (Å²) in [6, 6.07) is 12.4. The lowest BCUT2D eigenvalue weighted by molar-refractivity contribution is 0.391. The van der Waals surface area contributed by atoms with Crippen LogP contribution in [0.2, 0.25) is 0 Å². The van der Waals surface area contributed by atoms with Gasteiger partial charge >= 0.3 is 0 Å². The Morgan fingerprint density at radius 1 is 1.12 bits per heavy atom. The first-order valence-electron chi connectivity index (χ1n) is 8.88. The van der Waals surface area contributed by atoms with Crippen LogP contribution in [0, 0.1) is 0 Å². The molecule has 3 aromatic rings. The first kappa shape index (κ1) is 15.9. The number of hydrogen-bond donors (Lipinski definition) is 3. The van der Waals surface area contributed by atoms with Crippen LogP contribution in [0.15, 0.2) is 42.6 Å². The molecule has 0 spiro atoms. The molecule has 2 heterocycles. The molecule has 5 N–H and O–H groups in total. The molecule has 25 heavy (non-hydrogen) atoms. The van der Waals surface area contributed by atoms with E-state index < -0.39 is 0 Å². The summed E-state index contributed by atoms with van der Waals surface area (Å²) in [5, 5.41) is 7.95. The third-order valence-electron chi connectivity index (χ3n) is 4.98. The predicted molar refractivity (Wildman–Crippen MR) is 100 cm³/mol. The first-order valence-corrected chi connectivity index (χ1v) is 8.88. The van der Waals surface area contributed by atoms with E-state index in [2.05, 4.69) is 22.5 Å². The number of benzene rings is 1. The molecule has 1 aliphatic rings. The molecule has 0 saturated heterocycles. The Kier molecular flexibility index (Phi) is 4.28. The van der Waals surface area contributed by atoms with Crippen LogP contribution in [-0.2, 0) is 6.54 Å². The molecule has 1 aromatic carbocycles. The third kappa shape index (κ3) is 3.44. The molecule has 6 heteroatoms. The van der Waals surface area contributed by atoms with E-state index in [1.807, 2.05) is 30.5 Å². The number of aromatic nitrogens is 3. The second kappa shape index (κ2) is 6.72. The number of rotatable bonds is 4. The molecule has 0 atom stereocenters. The van der Waals surface area contributed by atoms with Gasteiger partial charge in [-0.3, -0.25) is 0 Å². The highest BCUT2D eigenvalue weighted by molar-refractivity contribution is 5.68. The number of nitrogen functional groups attached to an aromatic ring is 1. The topological polar surface area (TPSA) is 94.3 Å². The zero-order chi connectivity index (χ0) is 17.2. The second-order valence-corrected chi connectivity index (χ2v) is 6.87. The number of fused-ring (bicyclic) bond motifs is 1. The van der Waals surface area contributed by atoms with E-state index in [4.69, 9.17) is 16.5 Å². The van der Waals surface area contributed by atoms with Gasteiger partial charge < -0.3 is 16.8 Å². The Bertz CT molecular complexity index is 849. The molecule has 4 rings (SSSR count). The summed E-state index contributed by atoms with van der Waals surface area (Å²) in [4.78, 5) is 4.73. The van der Waals surface area contributed by atoms with Gasteiger partial charge in [0, 0.05) is 24.6 Å². The molecule has 0 amide bonds. The monoisotopic (exact) mass is 336 g/mol. The van der Waals surface area contributed by atoms with Crippen molar-refractivity contribution in [2.24, 2.45) is 5.73 Å². The molecule has 2 aromatic heterocycles. The van der Waals surface area contributed by atoms with Crippen LogP contribution in [0.5, 0.6) is 0 Å². The largest absolute Gasteiger partial charge is 0.396 e. The minimum atomic E-state index is 0.338. The summed E-state index contributed by atoms with van der Waals surface area (Å²) in [5.74, 6) is 1.21. The maximum absolute atomic E-state index is 6.21. The summed E-state index contributed by atoms with van der Waals surface area (Å²) in [6.45, 7) is 0.709. The van der Waals surface area contributed by atoms with Gasteiger partial charge in [0.2, 0.25) is 0 Å². The quantitative estimate of drug-likeness (QED) is 0.681. The number of nitrogens with two attached hydrogens (primary N) is 2. The van der Waals surface area contributed by atoms with Gasteiger partial charge in [-0.15, -0.1) is 5.10 Å². The standard InChI is InChI=1S/C19H24N6/c20-15-8-6-14(7-9-15)17-12-25-19(23-17)16(21)10-18(24-25)22-11-13-4-2-1-3-5-13/h1-5,10,12,14-15H,6-9,11,20-21H2,(H,22,24). The zero-order valence-corrected chi connectivity index (χ0v) is 14.2. The molecule has 0 unspecified atom stereocenters. The van der Waals surface area contributed by atoms with E-state index in [0.717, 1.165) is 42.8 Å². The predicted octanol–water partition coefficient (Wildman–Crippen LogP) is 2.91.